The lowest BCUT2D eigenvalue weighted by molar-refractivity contribution is 0.353. The first kappa shape index (κ1) is 22.9. The van der Waals surface area contributed by atoms with Crippen LogP contribution >= 0.6 is 12.4 Å². The molecule has 28 heavy (non-hydrogen) atoms. The van der Waals surface area contributed by atoms with Crippen LogP contribution in [0.2, 0.25) is 0 Å². The second-order valence-corrected chi connectivity index (χ2v) is 8.15. The van der Waals surface area contributed by atoms with Crippen molar-refractivity contribution in [1.29, 1.82) is 0 Å². The summed E-state index contributed by atoms with van der Waals surface area (Å²) in [5.74, 6) is 1.78. The Morgan fingerprint density at radius 3 is 2.29 bits per heavy atom. The van der Waals surface area contributed by atoms with Crippen LogP contribution in [0.4, 0.5) is 0 Å². The maximum absolute atomic E-state index is 5.99. The maximum atomic E-state index is 5.99. The van der Waals surface area contributed by atoms with Crippen molar-refractivity contribution < 1.29 is 4.52 Å². The van der Waals surface area contributed by atoms with Crippen LogP contribution in [0.3, 0.4) is 0 Å². The number of nitrogens with two attached hydrogens (primary N) is 1. The van der Waals surface area contributed by atoms with Crippen LogP contribution in [0, 0.1) is 0 Å². The number of hydrogen-bond donors (Lipinski definition) is 1. The molecule has 4 nitrogen and oxygen atoms in total. The highest BCUT2D eigenvalue weighted by atomic mass is 35.5. The molecular weight excluding hydrogens is 370 g/mol. The van der Waals surface area contributed by atoms with Gasteiger partial charge in [0.2, 0.25) is 11.7 Å². The average molecular weight is 406 g/mol. The third kappa shape index (κ3) is 6.89. The molecule has 1 aromatic heterocycles. The molecule has 0 radical (unpaired) electrons. The van der Waals surface area contributed by atoms with Crippen LogP contribution in [0.15, 0.2) is 28.8 Å². The molecule has 1 heterocycles. The second-order valence-electron chi connectivity index (χ2n) is 8.15. The summed E-state index contributed by atoms with van der Waals surface area (Å²) in [6.45, 7) is 2.27. The molecule has 2 N–H and O–H groups in total. The Hall–Kier alpha value is -1.39. The van der Waals surface area contributed by atoms with Crippen molar-refractivity contribution in [2.45, 2.75) is 95.9 Å². The van der Waals surface area contributed by atoms with Crippen LogP contribution in [0.5, 0.6) is 0 Å². The van der Waals surface area contributed by atoms with E-state index in [0.29, 0.717) is 11.7 Å². The molecule has 2 atom stereocenters. The van der Waals surface area contributed by atoms with E-state index >= 15 is 0 Å². The third-order valence-electron chi connectivity index (χ3n) is 5.80. The number of aromatic nitrogens is 2. The molecule has 0 bridgehead atoms. The topological polar surface area (TPSA) is 64.9 Å². The van der Waals surface area contributed by atoms with Gasteiger partial charge in [0.05, 0.1) is 0 Å². The number of nitrogens with zero attached hydrogens (tertiary/aromatic N) is 2. The summed E-state index contributed by atoms with van der Waals surface area (Å²) in [5.41, 5.74) is 8.43. The van der Waals surface area contributed by atoms with Crippen molar-refractivity contribution in [3.63, 3.8) is 0 Å². The maximum Gasteiger partial charge on any atom is 0.230 e. The van der Waals surface area contributed by atoms with E-state index in [-0.39, 0.29) is 18.4 Å². The Balaban J connectivity index is 0.00000280. The molecule has 3 rings (SSSR count). The fourth-order valence-corrected chi connectivity index (χ4v) is 4.04. The van der Waals surface area contributed by atoms with Gasteiger partial charge in [0.25, 0.3) is 0 Å². The number of halogens is 1. The first-order valence-corrected chi connectivity index (χ1v) is 10.9. The summed E-state index contributed by atoms with van der Waals surface area (Å²) in [6, 6.07) is 8.93. The molecule has 5 heteroatoms. The standard InChI is InChI=1S/C23H35N3O.ClH/c1-2-3-4-5-6-7-8-9-10-18-11-13-19(14-12-18)22-25-23(27-26-22)20-15-16-21(24)17-20;/h11-14,20-21H,2-10,15-17,24H2,1H3;1H/t20-,21+;/m1./s1. The molecule has 0 amide bonds. The summed E-state index contributed by atoms with van der Waals surface area (Å²) in [7, 11) is 0. The zero-order valence-corrected chi connectivity index (χ0v) is 18.1. The minimum absolute atomic E-state index is 0. The fourth-order valence-electron chi connectivity index (χ4n) is 4.04. The van der Waals surface area contributed by atoms with Crippen molar-refractivity contribution >= 4 is 12.4 Å². The smallest absolute Gasteiger partial charge is 0.230 e. The van der Waals surface area contributed by atoms with Crippen LogP contribution in [-0.2, 0) is 6.42 Å². The van der Waals surface area contributed by atoms with Gasteiger partial charge in [0.15, 0.2) is 0 Å². The number of benzene rings is 1. The van der Waals surface area contributed by atoms with Gasteiger partial charge >= 0.3 is 0 Å². The SMILES string of the molecule is CCCCCCCCCCc1ccc(-c2noc([C@@H]3CC[C@H](N)C3)n2)cc1.Cl. The first-order chi connectivity index (χ1) is 13.3. The lowest BCUT2D eigenvalue weighted by Crippen LogP contribution is -2.14. The Kier molecular flexibility index (Phi) is 10.0. The molecule has 0 aliphatic heterocycles. The summed E-state index contributed by atoms with van der Waals surface area (Å²) in [5, 5.41) is 4.18. The minimum Gasteiger partial charge on any atom is -0.339 e. The first-order valence-electron chi connectivity index (χ1n) is 10.9. The van der Waals surface area contributed by atoms with Crippen LogP contribution < -0.4 is 5.73 Å². The lowest BCUT2D eigenvalue weighted by atomic mass is 10.0. The Labute approximate surface area is 176 Å². The highest BCUT2D eigenvalue weighted by Crippen LogP contribution is 2.33. The predicted octanol–water partition coefficient (Wildman–Crippen LogP) is 6.44. The number of hydrogen-bond acceptors (Lipinski definition) is 4. The predicted molar refractivity (Wildman–Crippen MR) is 118 cm³/mol. The zero-order chi connectivity index (χ0) is 18.9. The summed E-state index contributed by atoms with van der Waals surface area (Å²) >= 11 is 0. The van der Waals surface area contributed by atoms with Crippen molar-refractivity contribution in [2.24, 2.45) is 5.73 Å². The van der Waals surface area contributed by atoms with Gasteiger partial charge in [0, 0.05) is 17.5 Å². The van der Waals surface area contributed by atoms with E-state index < -0.39 is 0 Å². The molecule has 1 aliphatic carbocycles. The summed E-state index contributed by atoms with van der Waals surface area (Å²) in [6.07, 6.45) is 15.1. The van der Waals surface area contributed by atoms with E-state index in [4.69, 9.17) is 10.3 Å². The van der Waals surface area contributed by atoms with E-state index in [0.717, 1.165) is 37.1 Å². The van der Waals surface area contributed by atoms with Gasteiger partial charge in [-0.2, -0.15) is 4.98 Å². The molecule has 0 unspecified atom stereocenters. The van der Waals surface area contributed by atoms with Crippen LogP contribution in [0.1, 0.15) is 94.9 Å². The Bertz CT molecular complexity index is 671. The normalized spacial score (nSPS) is 18.9. The van der Waals surface area contributed by atoms with Crippen molar-refractivity contribution in [3.05, 3.63) is 35.7 Å². The molecule has 0 saturated heterocycles. The number of unbranched alkanes of at least 4 members (excludes halogenated alkanes) is 7. The van der Waals surface area contributed by atoms with Gasteiger partial charge in [-0.05, 0) is 37.7 Å². The highest BCUT2D eigenvalue weighted by Gasteiger charge is 2.27. The van der Waals surface area contributed by atoms with Crippen molar-refractivity contribution in [2.75, 3.05) is 0 Å². The van der Waals surface area contributed by atoms with Gasteiger partial charge in [-0.3, -0.25) is 0 Å². The average Bonchev–Trinajstić information content (AvgIpc) is 3.33. The van der Waals surface area contributed by atoms with E-state index in [1.54, 1.807) is 0 Å². The number of rotatable bonds is 11. The van der Waals surface area contributed by atoms with Crippen LogP contribution in [-0.4, -0.2) is 16.2 Å². The largest absolute Gasteiger partial charge is 0.339 e. The van der Waals surface area contributed by atoms with Gasteiger partial charge < -0.3 is 10.3 Å². The summed E-state index contributed by atoms with van der Waals surface area (Å²) in [4.78, 5) is 4.61. The monoisotopic (exact) mass is 405 g/mol. The fraction of sp³-hybridized carbons (Fsp3) is 0.652. The molecule has 1 fully saturated rings. The Morgan fingerprint density at radius 1 is 0.964 bits per heavy atom. The van der Waals surface area contributed by atoms with Gasteiger partial charge in [-0.1, -0.05) is 81.3 Å². The molecule has 0 spiro atoms. The van der Waals surface area contributed by atoms with Gasteiger partial charge in [-0.25, -0.2) is 0 Å². The molecule has 156 valence electrons. The molecule has 1 aromatic carbocycles. The number of aryl methyl sites for hydroxylation is 1. The van der Waals surface area contributed by atoms with Crippen molar-refractivity contribution in [3.8, 4) is 11.4 Å². The second kappa shape index (κ2) is 12.2. The lowest BCUT2D eigenvalue weighted by Gasteiger charge is -2.03. The van der Waals surface area contributed by atoms with Gasteiger partial charge in [-0.15, -0.1) is 12.4 Å². The highest BCUT2D eigenvalue weighted by molar-refractivity contribution is 5.85. The van der Waals surface area contributed by atoms with Crippen LogP contribution in [0.25, 0.3) is 11.4 Å². The van der Waals surface area contributed by atoms with E-state index in [9.17, 15) is 0 Å². The molecular formula is C23H36ClN3O. The molecule has 2 aromatic rings. The van der Waals surface area contributed by atoms with E-state index in [1.807, 2.05) is 0 Å². The van der Waals surface area contributed by atoms with Gasteiger partial charge in [0.1, 0.15) is 0 Å². The zero-order valence-electron chi connectivity index (χ0n) is 17.2. The minimum atomic E-state index is 0. The van der Waals surface area contributed by atoms with E-state index in [2.05, 4.69) is 41.3 Å². The van der Waals surface area contributed by atoms with Crippen molar-refractivity contribution in [1.82, 2.24) is 10.1 Å². The quantitative estimate of drug-likeness (QED) is 0.437. The molecule has 1 aliphatic rings. The van der Waals surface area contributed by atoms with E-state index in [1.165, 1.54) is 56.9 Å². The Morgan fingerprint density at radius 2 is 1.64 bits per heavy atom. The summed E-state index contributed by atoms with van der Waals surface area (Å²) < 4.78 is 5.49. The molecule has 1 saturated carbocycles. The third-order valence-corrected chi connectivity index (χ3v) is 5.80.